The van der Waals surface area contributed by atoms with E-state index in [0.29, 0.717) is 5.92 Å². The van der Waals surface area contributed by atoms with E-state index in [0.717, 1.165) is 33.1 Å². The first-order valence-corrected chi connectivity index (χ1v) is 7.94. The molecule has 0 aliphatic carbocycles. The van der Waals surface area contributed by atoms with Gasteiger partial charge in [-0.15, -0.1) is 0 Å². The van der Waals surface area contributed by atoms with Crippen molar-refractivity contribution in [3.63, 3.8) is 0 Å². The monoisotopic (exact) mass is 412 g/mol. The Morgan fingerprint density at radius 3 is 2.19 bits per heavy atom. The summed E-state index contributed by atoms with van der Waals surface area (Å²) in [6, 6.07) is 4.25. The summed E-state index contributed by atoms with van der Waals surface area (Å²) in [5, 5.41) is 0.965. The van der Waals surface area contributed by atoms with Crippen molar-refractivity contribution in [1.29, 1.82) is 0 Å². The minimum atomic E-state index is 0.518. The zero-order chi connectivity index (χ0) is 12.1. The lowest BCUT2D eigenvalue weighted by Crippen LogP contribution is -2.00. The fourth-order valence-corrected chi connectivity index (χ4v) is 2.96. The molecular formula is C12H15Br3O. The Morgan fingerprint density at radius 2 is 1.75 bits per heavy atom. The molecule has 0 saturated carbocycles. The molecule has 0 radical (unpaired) electrons. The van der Waals surface area contributed by atoms with Crippen molar-refractivity contribution in [3.05, 3.63) is 26.6 Å². The highest BCUT2D eigenvalue weighted by Gasteiger charge is 2.10. The highest BCUT2D eigenvalue weighted by atomic mass is 79.9. The van der Waals surface area contributed by atoms with Crippen molar-refractivity contribution in [2.24, 2.45) is 0 Å². The molecule has 0 spiro atoms. The molecule has 1 aromatic carbocycles. The second-order valence-electron chi connectivity index (χ2n) is 3.86. The quantitative estimate of drug-likeness (QED) is 0.456. The first kappa shape index (κ1) is 14.5. The van der Waals surface area contributed by atoms with Crippen molar-refractivity contribution in [2.45, 2.75) is 26.2 Å². The largest absolute Gasteiger partial charge is 0.491 e. The van der Waals surface area contributed by atoms with E-state index < -0.39 is 0 Å². The smallest absolute Gasteiger partial charge is 0.147 e. The van der Waals surface area contributed by atoms with Crippen molar-refractivity contribution >= 4 is 47.8 Å². The molecule has 4 heteroatoms. The summed E-state index contributed by atoms with van der Waals surface area (Å²) in [7, 11) is 0. The van der Waals surface area contributed by atoms with Crippen LogP contribution in [0.2, 0.25) is 0 Å². The zero-order valence-electron chi connectivity index (χ0n) is 9.40. The molecular weight excluding hydrogens is 400 g/mol. The molecule has 0 heterocycles. The molecule has 0 N–H and O–H groups in total. The molecule has 0 aliphatic heterocycles. The number of halogens is 3. The van der Waals surface area contributed by atoms with E-state index in [4.69, 9.17) is 4.74 Å². The van der Waals surface area contributed by atoms with Gasteiger partial charge in [0.25, 0.3) is 0 Å². The Labute approximate surface area is 122 Å². The van der Waals surface area contributed by atoms with Crippen LogP contribution >= 0.6 is 47.8 Å². The lowest BCUT2D eigenvalue weighted by Gasteiger charge is -2.13. The van der Waals surface area contributed by atoms with Crippen LogP contribution in [-0.4, -0.2) is 11.9 Å². The minimum absolute atomic E-state index is 0.518. The van der Waals surface area contributed by atoms with Crippen LogP contribution < -0.4 is 4.74 Å². The second kappa shape index (κ2) is 7.02. The van der Waals surface area contributed by atoms with Crippen LogP contribution in [0.3, 0.4) is 0 Å². The Hall–Kier alpha value is 0.460. The summed E-state index contributed by atoms with van der Waals surface area (Å²) in [6.45, 7) is 5.09. The maximum atomic E-state index is 5.72. The van der Waals surface area contributed by atoms with Gasteiger partial charge in [0.2, 0.25) is 0 Å². The van der Waals surface area contributed by atoms with Gasteiger partial charge in [0.15, 0.2) is 0 Å². The lowest BCUT2D eigenvalue weighted by molar-refractivity contribution is 0.315. The number of hydrogen-bond acceptors (Lipinski definition) is 1. The van der Waals surface area contributed by atoms with Gasteiger partial charge in [-0.3, -0.25) is 0 Å². The van der Waals surface area contributed by atoms with Gasteiger partial charge in [-0.1, -0.05) is 29.8 Å². The van der Waals surface area contributed by atoms with Gasteiger partial charge < -0.3 is 4.74 Å². The van der Waals surface area contributed by atoms with Gasteiger partial charge in [0.05, 0.1) is 15.6 Å². The lowest BCUT2D eigenvalue weighted by atomic mass is 10.0. The van der Waals surface area contributed by atoms with E-state index in [1.54, 1.807) is 0 Å². The van der Waals surface area contributed by atoms with Gasteiger partial charge >= 0.3 is 0 Å². The van der Waals surface area contributed by atoms with Crippen LogP contribution in [0.5, 0.6) is 5.75 Å². The summed E-state index contributed by atoms with van der Waals surface area (Å²) in [6.07, 6.45) is 1.00. The molecule has 0 aliphatic rings. The number of hydrogen-bond donors (Lipinski definition) is 0. The predicted molar refractivity (Wildman–Crippen MR) is 79.8 cm³/mol. The van der Waals surface area contributed by atoms with E-state index in [2.05, 4.69) is 73.8 Å². The molecule has 1 rings (SSSR count). The average Bonchev–Trinajstić information content (AvgIpc) is 2.21. The van der Waals surface area contributed by atoms with E-state index in [1.807, 2.05) is 0 Å². The molecule has 0 unspecified atom stereocenters. The molecule has 16 heavy (non-hydrogen) atoms. The standard InChI is InChI=1S/C12H15Br3O/c1-8(2)9-6-10(14)12(11(15)7-9)16-5-3-4-13/h6-8H,3-5H2,1-2H3. The van der Waals surface area contributed by atoms with Gasteiger partial charge in [-0.25, -0.2) is 0 Å². The van der Waals surface area contributed by atoms with Crippen molar-refractivity contribution in [2.75, 3.05) is 11.9 Å². The third-order valence-electron chi connectivity index (χ3n) is 2.21. The van der Waals surface area contributed by atoms with Gasteiger partial charge in [0, 0.05) is 5.33 Å². The number of rotatable bonds is 5. The van der Waals surface area contributed by atoms with Gasteiger partial charge in [0.1, 0.15) is 5.75 Å². The summed E-state index contributed by atoms with van der Waals surface area (Å²) in [5.74, 6) is 1.41. The fraction of sp³-hybridized carbons (Fsp3) is 0.500. The number of alkyl halides is 1. The average molecular weight is 415 g/mol. The summed E-state index contributed by atoms with van der Waals surface area (Å²) < 4.78 is 7.75. The van der Waals surface area contributed by atoms with Gasteiger partial charge in [-0.05, 0) is 61.9 Å². The topological polar surface area (TPSA) is 9.23 Å². The summed E-state index contributed by atoms with van der Waals surface area (Å²) >= 11 is 10.5. The van der Waals surface area contributed by atoms with Crippen LogP contribution in [0.1, 0.15) is 31.7 Å². The zero-order valence-corrected chi connectivity index (χ0v) is 14.2. The minimum Gasteiger partial charge on any atom is -0.491 e. The van der Waals surface area contributed by atoms with Crippen molar-refractivity contribution < 1.29 is 4.74 Å². The maximum absolute atomic E-state index is 5.72. The highest BCUT2D eigenvalue weighted by molar-refractivity contribution is 9.11. The predicted octanol–water partition coefficient (Wildman–Crippen LogP) is 5.50. The maximum Gasteiger partial charge on any atom is 0.147 e. The third kappa shape index (κ3) is 4.04. The Bertz CT molecular complexity index is 327. The molecule has 0 atom stereocenters. The number of benzene rings is 1. The molecule has 90 valence electrons. The first-order valence-electron chi connectivity index (χ1n) is 5.24. The van der Waals surface area contributed by atoms with E-state index in [1.165, 1.54) is 5.56 Å². The van der Waals surface area contributed by atoms with Crippen LogP contribution in [0, 0.1) is 0 Å². The van der Waals surface area contributed by atoms with Crippen LogP contribution in [0.4, 0.5) is 0 Å². The third-order valence-corrected chi connectivity index (χ3v) is 3.95. The first-order chi connectivity index (χ1) is 7.56. The highest BCUT2D eigenvalue weighted by Crippen LogP contribution is 2.36. The summed E-state index contributed by atoms with van der Waals surface area (Å²) in [5.41, 5.74) is 1.30. The molecule has 0 aromatic heterocycles. The summed E-state index contributed by atoms with van der Waals surface area (Å²) in [4.78, 5) is 0. The molecule has 0 saturated heterocycles. The second-order valence-corrected chi connectivity index (χ2v) is 6.36. The molecule has 0 bridgehead atoms. The van der Waals surface area contributed by atoms with E-state index >= 15 is 0 Å². The number of ether oxygens (including phenoxy) is 1. The van der Waals surface area contributed by atoms with Crippen LogP contribution in [0.25, 0.3) is 0 Å². The Kier molecular flexibility index (Phi) is 6.37. The van der Waals surface area contributed by atoms with Crippen LogP contribution in [-0.2, 0) is 0 Å². The molecule has 0 fully saturated rings. The molecule has 1 aromatic rings. The fourth-order valence-electron chi connectivity index (χ4n) is 1.28. The Morgan fingerprint density at radius 1 is 1.19 bits per heavy atom. The Balaban J connectivity index is 2.85. The van der Waals surface area contributed by atoms with Crippen molar-refractivity contribution in [1.82, 2.24) is 0 Å². The molecule has 0 amide bonds. The SMILES string of the molecule is CC(C)c1cc(Br)c(OCCCBr)c(Br)c1. The molecule has 1 nitrogen and oxygen atoms in total. The van der Waals surface area contributed by atoms with Crippen LogP contribution in [0.15, 0.2) is 21.1 Å². The van der Waals surface area contributed by atoms with E-state index in [9.17, 15) is 0 Å². The van der Waals surface area contributed by atoms with E-state index in [-0.39, 0.29) is 0 Å². The normalized spacial score (nSPS) is 10.9. The van der Waals surface area contributed by atoms with Crippen molar-refractivity contribution in [3.8, 4) is 5.75 Å². The van der Waals surface area contributed by atoms with Gasteiger partial charge in [-0.2, -0.15) is 0 Å².